The highest BCUT2D eigenvalue weighted by molar-refractivity contribution is 6.21. The summed E-state index contributed by atoms with van der Waals surface area (Å²) < 4.78 is 0. The van der Waals surface area contributed by atoms with E-state index < -0.39 is 0 Å². The molecule has 7 nitrogen and oxygen atoms in total. The molecule has 2 heterocycles. The smallest absolute Gasteiger partial charge is 0.132 e. The van der Waals surface area contributed by atoms with Crippen molar-refractivity contribution in [1.82, 2.24) is 15.3 Å². The van der Waals surface area contributed by atoms with Gasteiger partial charge in [-0.2, -0.15) is 0 Å². The lowest BCUT2D eigenvalue weighted by molar-refractivity contribution is 1.11. The summed E-state index contributed by atoms with van der Waals surface area (Å²) in [5.74, 6) is 1.08. The molecule has 7 heteroatoms. The van der Waals surface area contributed by atoms with E-state index in [0.717, 1.165) is 28.6 Å². The first-order valence-corrected chi connectivity index (χ1v) is 8.33. The summed E-state index contributed by atoms with van der Waals surface area (Å²) in [6, 6.07) is 5.60. The standard InChI is InChI=1S/C19H25N7/c1-4-13(9-20)7-18(22)26-19-6-5-16-17(25-19)8-14(10-24-16)15(11-23-3)12(2)21/h5-11,21,23H,4,20,22H2,1-3H3,(H,25,26)/b13-9-,15-11+,18-7+,21-12?. The van der Waals surface area contributed by atoms with E-state index in [9.17, 15) is 0 Å². The van der Waals surface area contributed by atoms with Gasteiger partial charge in [-0.1, -0.05) is 6.92 Å². The van der Waals surface area contributed by atoms with E-state index in [1.54, 1.807) is 32.4 Å². The first kappa shape index (κ1) is 19.0. The molecule has 26 heavy (non-hydrogen) atoms. The van der Waals surface area contributed by atoms with Crippen LogP contribution in [0.5, 0.6) is 0 Å². The number of hydrogen-bond donors (Lipinski definition) is 5. The van der Waals surface area contributed by atoms with Crippen LogP contribution in [0.3, 0.4) is 0 Å². The van der Waals surface area contributed by atoms with Crippen LogP contribution >= 0.6 is 0 Å². The Labute approximate surface area is 153 Å². The second kappa shape index (κ2) is 8.66. The number of nitrogens with two attached hydrogens (primary N) is 2. The lowest BCUT2D eigenvalue weighted by Gasteiger charge is -2.09. The van der Waals surface area contributed by atoms with Gasteiger partial charge in [0.1, 0.15) is 11.6 Å². The zero-order valence-electron chi connectivity index (χ0n) is 15.3. The van der Waals surface area contributed by atoms with Crippen LogP contribution in [-0.2, 0) is 0 Å². The van der Waals surface area contributed by atoms with Gasteiger partial charge in [-0.05, 0) is 49.4 Å². The van der Waals surface area contributed by atoms with Gasteiger partial charge in [0.05, 0.1) is 11.0 Å². The highest BCUT2D eigenvalue weighted by Crippen LogP contribution is 2.20. The Balaban J connectivity index is 2.37. The average molecular weight is 351 g/mol. The normalized spacial score (nSPS) is 13.0. The van der Waals surface area contributed by atoms with Crippen molar-refractivity contribution in [2.75, 3.05) is 12.4 Å². The van der Waals surface area contributed by atoms with Crippen LogP contribution in [0.15, 0.2) is 54.3 Å². The van der Waals surface area contributed by atoms with E-state index in [1.807, 2.05) is 25.1 Å². The highest BCUT2D eigenvalue weighted by Gasteiger charge is 2.08. The summed E-state index contributed by atoms with van der Waals surface area (Å²) >= 11 is 0. The summed E-state index contributed by atoms with van der Waals surface area (Å²) in [5.41, 5.74) is 16.0. The first-order valence-electron chi connectivity index (χ1n) is 8.33. The van der Waals surface area contributed by atoms with E-state index >= 15 is 0 Å². The molecule has 0 aliphatic rings. The molecule has 0 saturated carbocycles. The van der Waals surface area contributed by atoms with Crippen LogP contribution in [0.1, 0.15) is 25.8 Å². The van der Waals surface area contributed by atoms with Crippen molar-refractivity contribution in [2.45, 2.75) is 20.3 Å². The van der Waals surface area contributed by atoms with Gasteiger partial charge in [0, 0.05) is 36.3 Å². The van der Waals surface area contributed by atoms with Crippen LogP contribution < -0.4 is 22.1 Å². The molecule has 0 saturated heterocycles. The minimum absolute atomic E-state index is 0.447. The third-order valence-electron chi connectivity index (χ3n) is 3.78. The number of nitrogens with one attached hydrogen (secondary N) is 3. The Morgan fingerprint density at radius 1 is 1.31 bits per heavy atom. The van der Waals surface area contributed by atoms with E-state index in [-0.39, 0.29) is 0 Å². The lowest BCUT2D eigenvalue weighted by Crippen LogP contribution is -2.11. The maximum absolute atomic E-state index is 7.93. The van der Waals surface area contributed by atoms with Crippen molar-refractivity contribution in [1.29, 1.82) is 5.41 Å². The van der Waals surface area contributed by atoms with Crippen molar-refractivity contribution in [3.8, 4) is 0 Å². The average Bonchev–Trinajstić information content (AvgIpc) is 2.63. The fourth-order valence-electron chi connectivity index (χ4n) is 2.43. The molecule has 0 unspecified atom stereocenters. The summed E-state index contributed by atoms with van der Waals surface area (Å²) in [6.07, 6.45) is 7.63. The van der Waals surface area contributed by atoms with Crippen LogP contribution in [0.2, 0.25) is 0 Å². The van der Waals surface area contributed by atoms with Gasteiger partial charge >= 0.3 is 0 Å². The van der Waals surface area contributed by atoms with Crippen LogP contribution in [0.25, 0.3) is 16.6 Å². The van der Waals surface area contributed by atoms with Crippen molar-refractivity contribution < 1.29 is 0 Å². The van der Waals surface area contributed by atoms with E-state index in [4.69, 9.17) is 16.9 Å². The molecule has 2 aromatic rings. The zero-order valence-corrected chi connectivity index (χ0v) is 15.3. The fourth-order valence-corrected chi connectivity index (χ4v) is 2.43. The predicted octanol–water partition coefficient (Wildman–Crippen LogP) is 2.69. The van der Waals surface area contributed by atoms with Gasteiger partial charge in [-0.25, -0.2) is 4.98 Å². The summed E-state index contributed by atoms with van der Waals surface area (Å²) in [7, 11) is 1.80. The third-order valence-corrected chi connectivity index (χ3v) is 3.78. The Morgan fingerprint density at radius 2 is 2.08 bits per heavy atom. The molecule has 0 aliphatic heterocycles. The molecule has 0 aliphatic carbocycles. The molecule has 136 valence electrons. The predicted molar refractivity (Wildman–Crippen MR) is 108 cm³/mol. The fraction of sp³-hybridized carbons (Fsp3) is 0.211. The van der Waals surface area contributed by atoms with E-state index in [1.165, 1.54) is 6.20 Å². The maximum atomic E-state index is 7.93. The molecule has 0 atom stereocenters. The molecule has 0 aromatic carbocycles. The van der Waals surface area contributed by atoms with E-state index in [0.29, 0.717) is 22.9 Å². The van der Waals surface area contributed by atoms with Crippen molar-refractivity contribution >= 4 is 28.1 Å². The van der Waals surface area contributed by atoms with Crippen molar-refractivity contribution in [2.24, 2.45) is 11.5 Å². The highest BCUT2D eigenvalue weighted by atomic mass is 15.1. The van der Waals surface area contributed by atoms with E-state index in [2.05, 4.69) is 20.6 Å². The Hall–Kier alpha value is -3.35. The van der Waals surface area contributed by atoms with Crippen LogP contribution in [0, 0.1) is 5.41 Å². The summed E-state index contributed by atoms with van der Waals surface area (Å²) in [6.45, 7) is 3.74. The van der Waals surface area contributed by atoms with Gasteiger partial charge < -0.3 is 27.5 Å². The number of rotatable bonds is 7. The molecular weight excluding hydrogens is 326 g/mol. The number of aromatic nitrogens is 2. The quantitative estimate of drug-likeness (QED) is 0.386. The molecule has 0 amide bonds. The monoisotopic (exact) mass is 351 g/mol. The van der Waals surface area contributed by atoms with Gasteiger partial charge in [0.2, 0.25) is 0 Å². The van der Waals surface area contributed by atoms with Crippen LogP contribution in [0.4, 0.5) is 5.82 Å². The Kier molecular flexibility index (Phi) is 6.32. The number of pyridine rings is 2. The van der Waals surface area contributed by atoms with Crippen molar-refractivity contribution in [3.63, 3.8) is 0 Å². The molecule has 2 rings (SSSR count). The number of hydrogen-bond acceptors (Lipinski definition) is 7. The Morgan fingerprint density at radius 3 is 2.69 bits per heavy atom. The SMILES string of the molecule is CCC(=C/N)/C=C(\N)Nc1ccc2ncc(/C(=C/NC)C(C)=N)cc2n1. The maximum Gasteiger partial charge on any atom is 0.132 e. The number of anilines is 1. The topological polar surface area (TPSA) is 126 Å². The van der Waals surface area contributed by atoms with Gasteiger partial charge in [-0.3, -0.25) is 4.98 Å². The molecule has 7 N–H and O–H groups in total. The molecular formula is C19H25N7. The van der Waals surface area contributed by atoms with Gasteiger partial charge in [0.25, 0.3) is 0 Å². The summed E-state index contributed by atoms with van der Waals surface area (Å²) in [4.78, 5) is 9.01. The van der Waals surface area contributed by atoms with Crippen LogP contribution in [-0.4, -0.2) is 22.7 Å². The number of fused-ring (bicyclic) bond motifs is 1. The second-order valence-corrected chi connectivity index (χ2v) is 5.75. The molecule has 0 bridgehead atoms. The number of allylic oxidation sites excluding steroid dienone is 3. The minimum atomic E-state index is 0.447. The zero-order chi connectivity index (χ0) is 19.1. The minimum Gasteiger partial charge on any atom is -0.404 e. The summed E-state index contributed by atoms with van der Waals surface area (Å²) in [5, 5.41) is 14.0. The Bertz CT molecular complexity index is 894. The molecule has 0 fully saturated rings. The third kappa shape index (κ3) is 4.60. The molecule has 2 aromatic heterocycles. The molecule has 0 spiro atoms. The van der Waals surface area contributed by atoms with Gasteiger partial charge in [-0.15, -0.1) is 0 Å². The largest absolute Gasteiger partial charge is 0.404 e. The lowest BCUT2D eigenvalue weighted by atomic mass is 10.0. The second-order valence-electron chi connectivity index (χ2n) is 5.75. The number of nitrogens with zero attached hydrogens (tertiary/aromatic N) is 2. The van der Waals surface area contributed by atoms with Crippen molar-refractivity contribution in [3.05, 3.63) is 59.8 Å². The molecule has 0 radical (unpaired) electrons. The first-order chi connectivity index (χ1) is 12.5. The van der Waals surface area contributed by atoms with Gasteiger partial charge in [0.15, 0.2) is 0 Å².